The van der Waals surface area contributed by atoms with Crippen molar-refractivity contribution in [1.29, 1.82) is 0 Å². The van der Waals surface area contributed by atoms with Crippen LogP contribution in [-0.4, -0.2) is 21.5 Å². The van der Waals surface area contributed by atoms with E-state index < -0.39 is 0 Å². The lowest BCUT2D eigenvalue weighted by Crippen LogP contribution is -2.26. The molecule has 6 heteroatoms. The second-order valence-electron chi connectivity index (χ2n) is 8.58. The topological polar surface area (TPSA) is 76.0 Å². The first-order valence-electron chi connectivity index (χ1n) is 11.5. The minimum Gasteiger partial charge on any atom is -0.361 e. The van der Waals surface area contributed by atoms with Crippen molar-refractivity contribution in [2.24, 2.45) is 0 Å². The van der Waals surface area contributed by atoms with Gasteiger partial charge in [-0.25, -0.2) is 4.98 Å². The van der Waals surface area contributed by atoms with Crippen LogP contribution < -0.4 is 16.2 Å². The fraction of sp³-hybridized carbons (Fsp3) is 0.179. The third-order valence-corrected chi connectivity index (χ3v) is 6.03. The maximum Gasteiger partial charge on any atom is 0.297 e. The number of carbonyl (C=O) groups is 1. The van der Waals surface area contributed by atoms with Crippen molar-refractivity contribution in [3.8, 4) is 16.8 Å². The van der Waals surface area contributed by atoms with Crippen LogP contribution in [0.25, 0.3) is 16.8 Å². The van der Waals surface area contributed by atoms with Crippen LogP contribution in [0.5, 0.6) is 0 Å². The van der Waals surface area contributed by atoms with Gasteiger partial charge in [-0.2, -0.15) is 0 Å². The molecule has 1 fully saturated rings. The van der Waals surface area contributed by atoms with Crippen molar-refractivity contribution in [2.45, 2.75) is 32.4 Å². The zero-order valence-corrected chi connectivity index (χ0v) is 19.0. The summed E-state index contributed by atoms with van der Waals surface area (Å²) in [5.41, 5.74) is 5.15. The van der Waals surface area contributed by atoms with Gasteiger partial charge in [0.25, 0.3) is 11.5 Å². The molecule has 0 saturated heterocycles. The van der Waals surface area contributed by atoms with Crippen molar-refractivity contribution in [1.82, 2.24) is 14.9 Å². The number of benzene rings is 3. The zero-order valence-electron chi connectivity index (χ0n) is 19.0. The summed E-state index contributed by atoms with van der Waals surface area (Å²) in [6.07, 6.45) is 5.28. The SMILES string of the molecule is Cc1ccc(C(=O)NC2CC2)cc1-n1ccnc(NCc2ccccc2-c2ccccc2)c1=O. The van der Waals surface area contributed by atoms with Crippen LogP contribution in [0, 0.1) is 6.92 Å². The second kappa shape index (κ2) is 9.35. The molecule has 1 aromatic heterocycles. The quantitative estimate of drug-likeness (QED) is 0.428. The molecule has 1 saturated carbocycles. The van der Waals surface area contributed by atoms with Crippen LogP contribution in [0.2, 0.25) is 0 Å². The van der Waals surface area contributed by atoms with Gasteiger partial charge in [0, 0.05) is 30.5 Å². The predicted octanol–water partition coefficient (Wildman–Crippen LogP) is 4.71. The Bertz CT molecular complexity index is 1390. The summed E-state index contributed by atoms with van der Waals surface area (Å²) in [7, 11) is 0. The Morgan fingerprint density at radius 2 is 1.79 bits per heavy atom. The smallest absolute Gasteiger partial charge is 0.297 e. The standard InChI is InChI=1S/C28H26N4O2/c1-19-11-12-21(27(33)31-23-13-14-23)17-25(19)32-16-15-29-26(28(32)34)30-18-22-9-5-6-10-24(22)20-7-3-2-4-8-20/h2-12,15-17,23H,13-14,18H2,1H3,(H,29,30)(H,31,33). The third kappa shape index (κ3) is 4.62. The van der Waals surface area contributed by atoms with E-state index in [4.69, 9.17) is 0 Å². The highest BCUT2D eigenvalue weighted by molar-refractivity contribution is 5.95. The van der Waals surface area contributed by atoms with Crippen molar-refractivity contribution in [2.75, 3.05) is 5.32 Å². The molecule has 34 heavy (non-hydrogen) atoms. The fourth-order valence-electron chi connectivity index (χ4n) is 3.98. The molecule has 0 radical (unpaired) electrons. The van der Waals surface area contributed by atoms with E-state index in [1.54, 1.807) is 29.1 Å². The number of hydrogen-bond acceptors (Lipinski definition) is 4. The molecule has 0 bridgehead atoms. The third-order valence-electron chi connectivity index (χ3n) is 6.03. The van der Waals surface area contributed by atoms with Crippen LogP contribution >= 0.6 is 0 Å². The lowest BCUT2D eigenvalue weighted by Gasteiger charge is -2.14. The molecule has 0 spiro atoms. The number of aromatic nitrogens is 2. The number of anilines is 1. The molecule has 5 rings (SSSR count). The van der Waals surface area contributed by atoms with Gasteiger partial charge in [0.05, 0.1) is 5.69 Å². The van der Waals surface area contributed by atoms with Crippen molar-refractivity contribution in [3.05, 3.63) is 112 Å². The molecular weight excluding hydrogens is 424 g/mol. The van der Waals surface area contributed by atoms with Crippen LogP contribution in [-0.2, 0) is 6.54 Å². The summed E-state index contributed by atoms with van der Waals surface area (Å²) in [4.78, 5) is 30.1. The van der Waals surface area contributed by atoms with Crippen LogP contribution in [0.15, 0.2) is 90.0 Å². The Morgan fingerprint density at radius 1 is 1.03 bits per heavy atom. The maximum absolute atomic E-state index is 13.3. The highest BCUT2D eigenvalue weighted by Crippen LogP contribution is 2.24. The van der Waals surface area contributed by atoms with Crippen LogP contribution in [0.4, 0.5) is 5.82 Å². The van der Waals surface area contributed by atoms with Gasteiger partial charge in [0.15, 0.2) is 5.82 Å². The van der Waals surface area contributed by atoms with E-state index >= 15 is 0 Å². The van der Waals surface area contributed by atoms with Gasteiger partial charge in [-0.3, -0.25) is 14.2 Å². The van der Waals surface area contributed by atoms with Crippen molar-refractivity contribution in [3.63, 3.8) is 0 Å². The van der Waals surface area contributed by atoms with E-state index in [0.717, 1.165) is 35.1 Å². The first kappa shape index (κ1) is 21.6. The molecule has 0 atom stereocenters. The molecule has 3 aromatic carbocycles. The number of nitrogens with one attached hydrogen (secondary N) is 2. The normalized spacial score (nSPS) is 12.9. The van der Waals surface area contributed by atoms with Crippen molar-refractivity contribution < 1.29 is 4.79 Å². The number of aryl methyl sites for hydroxylation is 1. The second-order valence-corrected chi connectivity index (χ2v) is 8.58. The molecule has 1 heterocycles. The van der Waals surface area contributed by atoms with E-state index in [9.17, 15) is 9.59 Å². The Hall–Kier alpha value is -4.19. The number of hydrogen-bond donors (Lipinski definition) is 2. The zero-order chi connectivity index (χ0) is 23.5. The summed E-state index contributed by atoms with van der Waals surface area (Å²) < 4.78 is 1.54. The number of amides is 1. The Morgan fingerprint density at radius 3 is 2.59 bits per heavy atom. The van der Waals surface area contributed by atoms with Crippen LogP contribution in [0.1, 0.15) is 34.3 Å². The summed E-state index contributed by atoms with van der Waals surface area (Å²) in [6, 6.07) is 24.0. The van der Waals surface area contributed by atoms with Crippen molar-refractivity contribution >= 4 is 11.7 Å². The number of carbonyl (C=O) groups excluding carboxylic acids is 1. The lowest BCUT2D eigenvalue weighted by molar-refractivity contribution is 0.0951. The summed E-state index contributed by atoms with van der Waals surface area (Å²) in [6.45, 7) is 2.38. The molecule has 1 aliphatic carbocycles. The minimum absolute atomic E-state index is 0.110. The minimum atomic E-state index is -0.262. The molecular formula is C28H26N4O2. The largest absolute Gasteiger partial charge is 0.361 e. The van der Waals surface area contributed by atoms with Gasteiger partial charge in [0.2, 0.25) is 0 Å². The molecule has 1 amide bonds. The number of rotatable bonds is 7. The monoisotopic (exact) mass is 450 g/mol. The van der Waals surface area contributed by atoms with Crippen LogP contribution in [0.3, 0.4) is 0 Å². The van der Waals surface area contributed by atoms with Gasteiger partial charge in [-0.05, 0) is 54.2 Å². The van der Waals surface area contributed by atoms with Gasteiger partial charge in [-0.1, -0.05) is 60.7 Å². The van der Waals surface area contributed by atoms with Gasteiger partial charge in [-0.15, -0.1) is 0 Å². The average Bonchev–Trinajstić information content (AvgIpc) is 3.69. The average molecular weight is 451 g/mol. The van der Waals surface area contributed by atoms with E-state index in [-0.39, 0.29) is 23.3 Å². The summed E-state index contributed by atoms with van der Waals surface area (Å²) in [5.74, 6) is 0.152. The molecule has 2 N–H and O–H groups in total. The first-order chi connectivity index (χ1) is 16.6. The fourth-order valence-corrected chi connectivity index (χ4v) is 3.98. The predicted molar refractivity (Wildman–Crippen MR) is 134 cm³/mol. The van der Waals surface area contributed by atoms with E-state index in [1.807, 2.05) is 49.4 Å². The Labute approximate surface area is 198 Å². The molecule has 1 aliphatic rings. The maximum atomic E-state index is 13.3. The Kier molecular flexibility index (Phi) is 5.95. The van der Waals surface area contributed by atoms with Gasteiger partial charge >= 0.3 is 0 Å². The van der Waals surface area contributed by atoms with E-state index in [1.165, 1.54) is 0 Å². The highest BCUT2D eigenvalue weighted by Gasteiger charge is 2.24. The molecule has 0 aliphatic heterocycles. The lowest BCUT2D eigenvalue weighted by atomic mass is 10.00. The van der Waals surface area contributed by atoms with Gasteiger partial charge in [0.1, 0.15) is 0 Å². The highest BCUT2D eigenvalue weighted by atomic mass is 16.2. The Balaban J connectivity index is 1.42. The van der Waals surface area contributed by atoms with Gasteiger partial charge < -0.3 is 10.6 Å². The molecule has 170 valence electrons. The van der Waals surface area contributed by atoms with E-state index in [0.29, 0.717) is 17.8 Å². The van der Waals surface area contributed by atoms with E-state index in [2.05, 4.69) is 33.8 Å². The first-order valence-corrected chi connectivity index (χ1v) is 11.5. The molecule has 6 nitrogen and oxygen atoms in total. The summed E-state index contributed by atoms with van der Waals surface area (Å²) in [5, 5.41) is 6.22. The number of nitrogens with zero attached hydrogens (tertiary/aromatic N) is 2. The molecule has 0 unspecified atom stereocenters. The summed E-state index contributed by atoms with van der Waals surface area (Å²) >= 11 is 0. The molecule has 4 aromatic rings.